The quantitative estimate of drug-likeness (QED) is 0.255. The molecule has 0 bridgehead atoms. The third kappa shape index (κ3) is 3.96. The topological polar surface area (TPSA) is 20.2 Å². The molecular formula is C34H27OP. The largest absolute Gasteiger partial charge is 0.507 e. The highest BCUT2D eigenvalue weighted by molar-refractivity contribution is 7.80. The molecule has 0 fully saturated rings. The van der Waals surface area contributed by atoms with Crippen molar-refractivity contribution in [3.8, 4) is 16.9 Å². The number of fused-ring (bicyclic) bond motifs is 2. The summed E-state index contributed by atoms with van der Waals surface area (Å²) in [5.41, 5.74) is 4.53. The number of aryl methyl sites for hydroxylation is 2. The van der Waals surface area contributed by atoms with Gasteiger partial charge in [-0.3, -0.25) is 0 Å². The van der Waals surface area contributed by atoms with Gasteiger partial charge in [0.1, 0.15) is 5.75 Å². The molecule has 0 saturated carbocycles. The van der Waals surface area contributed by atoms with Gasteiger partial charge in [0.15, 0.2) is 0 Å². The van der Waals surface area contributed by atoms with Crippen LogP contribution in [0.25, 0.3) is 32.7 Å². The maximum Gasteiger partial charge on any atom is 0.124 e. The van der Waals surface area contributed by atoms with Gasteiger partial charge in [0.25, 0.3) is 0 Å². The van der Waals surface area contributed by atoms with E-state index in [0.29, 0.717) is 5.75 Å². The fourth-order valence-electron chi connectivity index (χ4n) is 5.05. The van der Waals surface area contributed by atoms with E-state index in [9.17, 15) is 5.11 Å². The van der Waals surface area contributed by atoms with Crippen LogP contribution in [0.2, 0.25) is 0 Å². The van der Waals surface area contributed by atoms with E-state index in [1.54, 1.807) is 0 Å². The van der Waals surface area contributed by atoms with Gasteiger partial charge >= 0.3 is 0 Å². The van der Waals surface area contributed by atoms with Crippen LogP contribution in [0.1, 0.15) is 11.1 Å². The van der Waals surface area contributed by atoms with E-state index < -0.39 is 7.92 Å². The summed E-state index contributed by atoms with van der Waals surface area (Å²) in [5.74, 6) is 0.314. The van der Waals surface area contributed by atoms with Gasteiger partial charge in [-0.05, 0) is 65.3 Å². The van der Waals surface area contributed by atoms with Crippen LogP contribution < -0.4 is 15.9 Å². The molecule has 0 spiro atoms. The van der Waals surface area contributed by atoms with Crippen LogP contribution in [0.15, 0.2) is 121 Å². The number of benzene rings is 6. The molecule has 6 aromatic rings. The molecule has 0 saturated heterocycles. The minimum atomic E-state index is -0.867. The lowest BCUT2D eigenvalue weighted by atomic mass is 9.93. The maximum absolute atomic E-state index is 11.3. The van der Waals surface area contributed by atoms with Crippen LogP contribution in [0.3, 0.4) is 0 Å². The zero-order valence-electron chi connectivity index (χ0n) is 20.4. The second-order valence-electron chi connectivity index (χ2n) is 9.37. The van der Waals surface area contributed by atoms with Gasteiger partial charge < -0.3 is 5.11 Å². The highest BCUT2D eigenvalue weighted by Crippen LogP contribution is 2.45. The van der Waals surface area contributed by atoms with Crippen LogP contribution in [0.4, 0.5) is 0 Å². The summed E-state index contributed by atoms with van der Waals surface area (Å²) < 4.78 is 0. The highest BCUT2D eigenvalue weighted by Gasteiger charge is 2.24. The first-order valence-corrected chi connectivity index (χ1v) is 13.6. The van der Waals surface area contributed by atoms with Crippen molar-refractivity contribution in [2.75, 3.05) is 0 Å². The van der Waals surface area contributed by atoms with E-state index in [4.69, 9.17) is 0 Å². The van der Waals surface area contributed by atoms with Crippen LogP contribution in [0, 0.1) is 13.8 Å². The van der Waals surface area contributed by atoms with Crippen molar-refractivity contribution in [1.29, 1.82) is 0 Å². The molecule has 0 atom stereocenters. The number of rotatable bonds is 4. The smallest absolute Gasteiger partial charge is 0.124 e. The molecule has 2 heteroatoms. The molecule has 0 amide bonds. The Morgan fingerprint density at radius 2 is 0.944 bits per heavy atom. The van der Waals surface area contributed by atoms with Gasteiger partial charge in [0, 0.05) is 11.1 Å². The molecular weight excluding hydrogens is 455 g/mol. The highest BCUT2D eigenvalue weighted by atomic mass is 31.1. The van der Waals surface area contributed by atoms with Crippen LogP contribution in [-0.2, 0) is 0 Å². The Bertz CT molecular complexity index is 1650. The summed E-state index contributed by atoms with van der Waals surface area (Å²) in [4.78, 5) is 0. The van der Waals surface area contributed by atoms with Gasteiger partial charge in [0.2, 0.25) is 0 Å². The molecule has 0 radical (unpaired) electrons. The van der Waals surface area contributed by atoms with E-state index in [-0.39, 0.29) is 0 Å². The molecule has 6 rings (SSSR count). The monoisotopic (exact) mass is 482 g/mol. The van der Waals surface area contributed by atoms with E-state index in [0.717, 1.165) is 27.3 Å². The Kier molecular flexibility index (Phi) is 5.80. The van der Waals surface area contributed by atoms with Crippen molar-refractivity contribution in [1.82, 2.24) is 0 Å². The minimum Gasteiger partial charge on any atom is -0.507 e. The number of aromatic hydroxyl groups is 1. The van der Waals surface area contributed by atoms with Gasteiger partial charge in [-0.2, -0.15) is 0 Å². The Balaban J connectivity index is 1.74. The first kappa shape index (κ1) is 22.5. The summed E-state index contributed by atoms with van der Waals surface area (Å²) in [5, 5.41) is 19.7. The van der Waals surface area contributed by atoms with E-state index >= 15 is 0 Å². The summed E-state index contributed by atoms with van der Waals surface area (Å²) in [6.07, 6.45) is 0. The van der Waals surface area contributed by atoms with Crippen molar-refractivity contribution in [2.45, 2.75) is 13.8 Å². The molecule has 0 aliphatic heterocycles. The summed E-state index contributed by atoms with van der Waals surface area (Å²) >= 11 is 0. The molecule has 0 aromatic heterocycles. The van der Waals surface area contributed by atoms with Gasteiger partial charge in [-0.15, -0.1) is 0 Å². The number of hydrogen-bond donors (Lipinski definition) is 1. The lowest BCUT2D eigenvalue weighted by Crippen LogP contribution is -2.22. The number of phenolic OH excluding ortho intramolecular Hbond substituents is 1. The van der Waals surface area contributed by atoms with Crippen molar-refractivity contribution in [3.63, 3.8) is 0 Å². The summed E-state index contributed by atoms with van der Waals surface area (Å²) in [6.45, 7) is 4.26. The molecule has 1 N–H and O–H groups in total. The van der Waals surface area contributed by atoms with Crippen LogP contribution in [-0.4, -0.2) is 5.11 Å². The summed E-state index contributed by atoms with van der Waals surface area (Å²) in [6, 6.07) is 43.1. The van der Waals surface area contributed by atoms with Gasteiger partial charge in [-0.1, -0.05) is 126 Å². The molecule has 36 heavy (non-hydrogen) atoms. The Hall–Kier alpha value is -3.93. The molecule has 174 valence electrons. The van der Waals surface area contributed by atoms with E-state index in [1.165, 1.54) is 32.4 Å². The van der Waals surface area contributed by atoms with Gasteiger partial charge in [-0.25, -0.2) is 0 Å². The Morgan fingerprint density at radius 1 is 0.472 bits per heavy atom. The van der Waals surface area contributed by atoms with Crippen molar-refractivity contribution >= 4 is 45.4 Å². The third-order valence-electron chi connectivity index (χ3n) is 6.89. The first-order chi connectivity index (χ1) is 17.6. The van der Waals surface area contributed by atoms with Gasteiger partial charge in [0.05, 0.1) is 0 Å². The molecule has 0 unspecified atom stereocenters. The fourth-order valence-corrected chi connectivity index (χ4v) is 7.48. The molecule has 0 heterocycles. The standard InChI is InChI=1S/C34H27OP/c1-23-11-17-27(18-12-23)36(28-19-13-24(2)14-20-28)32-22-16-26-8-4-6-10-30(26)34(32)33-29-9-5-3-7-25(29)15-21-31(33)35/h3-22,35H,1-2H3. The Morgan fingerprint density at radius 3 is 1.50 bits per heavy atom. The first-order valence-electron chi connectivity index (χ1n) is 12.3. The van der Waals surface area contributed by atoms with E-state index in [1.807, 2.05) is 12.1 Å². The second-order valence-corrected chi connectivity index (χ2v) is 11.6. The number of hydrogen-bond acceptors (Lipinski definition) is 1. The van der Waals surface area contributed by atoms with Crippen molar-refractivity contribution in [3.05, 3.63) is 132 Å². The van der Waals surface area contributed by atoms with Crippen molar-refractivity contribution < 1.29 is 5.11 Å². The van der Waals surface area contributed by atoms with Crippen LogP contribution >= 0.6 is 7.92 Å². The van der Waals surface area contributed by atoms with Crippen LogP contribution in [0.5, 0.6) is 5.75 Å². The normalized spacial score (nSPS) is 11.4. The number of phenols is 1. The summed E-state index contributed by atoms with van der Waals surface area (Å²) in [7, 11) is -0.867. The molecule has 0 aliphatic rings. The zero-order chi connectivity index (χ0) is 24.6. The predicted octanol–water partition coefficient (Wildman–Crippen LogP) is 7.74. The SMILES string of the molecule is Cc1ccc(P(c2ccc(C)cc2)c2ccc3ccccc3c2-c2c(O)ccc3ccccc23)cc1. The average Bonchev–Trinajstić information content (AvgIpc) is 2.91. The minimum absolute atomic E-state index is 0.314. The third-order valence-corrected chi connectivity index (χ3v) is 9.37. The Labute approximate surface area is 213 Å². The average molecular weight is 483 g/mol. The lowest BCUT2D eigenvalue weighted by molar-refractivity contribution is 0.478. The fraction of sp³-hybridized carbons (Fsp3) is 0.0588. The second kappa shape index (κ2) is 9.26. The zero-order valence-corrected chi connectivity index (χ0v) is 21.3. The van der Waals surface area contributed by atoms with E-state index in [2.05, 4.69) is 123 Å². The maximum atomic E-state index is 11.3. The lowest BCUT2D eigenvalue weighted by Gasteiger charge is -2.25. The molecule has 0 aliphatic carbocycles. The van der Waals surface area contributed by atoms with Crippen molar-refractivity contribution in [2.24, 2.45) is 0 Å². The molecule has 1 nitrogen and oxygen atoms in total. The molecule has 6 aromatic carbocycles. The predicted molar refractivity (Wildman–Crippen MR) is 157 cm³/mol.